The second kappa shape index (κ2) is 12.3. The van der Waals surface area contributed by atoms with E-state index < -0.39 is 0 Å². The molecular formula is C23H30ClN3O2S. The standard InChI is InChI=1S/C23H30ClN3O2S/c1-18-2-4-19(5-3-18)22(17-27-11-13-29-14-12-27)26-16-23(28)25-10-15-30-21-8-6-20(24)7-9-21/h2-9,22,26H,10-17H2,1H3,(H,25,28)/t22-/m0/s1. The molecule has 7 heteroatoms. The number of thioether (sulfide) groups is 1. The van der Waals surface area contributed by atoms with Gasteiger partial charge in [0.05, 0.1) is 19.8 Å². The summed E-state index contributed by atoms with van der Waals surface area (Å²) < 4.78 is 5.46. The van der Waals surface area contributed by atoms with Crippen LogP contribution in [0.25, 0.3) is 0 Å². The zero-order chi connectivity index (χ0) is 21.2. The maximum Gasteiger partial charge on any atom is 0.234 e. The Kier molecular flexibility index (Phi) is 9.49. The average molecular weight is 448 g/mol. The molecule has 1 atom stereocenters. The van der Waals surface area contributed by atoms with Gasteiger partial charge in [-0.2, -0.15) is 0 Å². The van der Waals surface area contributed by atoms with Gasteiger partial charge >= 0.3 is 0 Å². The summed E-state index contributed by atoms with van der Waals surface area (Å²) in [5.74, 6) is 0.841. The van der Waals surface area contributed by atoms with Gasteiger partial charge in [0.15, 0.2) is 0 Å². The summed E-state index contributed by atoms with van der Waals surface area (Å²) in [5.41, 5.74) is 2.44. The Bertz CT molecular complexity index is 780. The number of hydrogen-bond donors (Lipinski definition) is 2. The van der Waals surface area contributed by atoms with E-state index in [2.05, 4.69) is 46.7 Å². The first-order valence-corrected chi connectivity index (χ1v) is 11.7. The van der Waals surface area contributed by atoms with E-state index in [0.29, 0.717) is 13.1 Å². The van der Waals surface area contributed by atoms with E-state index in [1.807, 2.05) is 24.3 Å². The lowest BCUT2D eigenvalue weighted by atomic mass is 10.0. The quantitative estimate of drug-likeness (QED) is 0.431. The Hall–Kier alpha value is -1.57. The molecule has 1 amide bonds. The molecule has 162 valence electrons. The molecule has 5 nitrogen and oxygen atoms in total. The fourth-order valence-electron chi connectivity index (χ4n) is 3.30. The molecular weight excluding hydrogens is 418 g/mol. The van der Waals surface area contributed by atoms with E-state index >= 15 is 0 Å². The van der Waals surface area contributed by atoms with Gasteiger partial charge in [-0.15, -0.1) is 11.8 Å². The van der Waals surface area contributed by atoms with Crippen molar-refractivity contribution in [1.29, 1.82) is 0 Å². The normalized spacial score (nSPS) is 15.7. The molecule has 0 unspecified atom stereocenters. The Morgan fingerprint density at radius 2 is 1.83 bits per heavy atom. The van der Waals surface area contributed by atoms with Crippen molar-refractivity contribution < 1.29 is 9.53 Å². The Morgan fingerprint density at radius 1 is 1.13 bits per heavy atom. The second-order valence-electron chi connectivity index (χ2n) is 7.41. The molecule has 30 heavy (non-hydrogen) atoms. The molecule has 3 rings (SSSR count). The van der Waals surface area contributed by atoms with E-state index in [4.69, 9.17) is 16.3 Å². The summed E-state index contributed by atoms with van der Waals surface area (Å²) in [7, 11) is 0. The number of halogens is 1. The first-order valence-electron chi connectivity index (χ1n) is 10.4. The maximum absolute atomic E-state index is 12.3. The van der Waals surface area contributed by atoms with E-state index in [1.165, 1.54) is 11.1 Å². The summed E-state index contributed by atoms with van der Waals surface area (Å²) in [6, 6.07) is 16.4. The van der Waals surface area contributed by atoms with Crippen molar-refractivity contribution in [3.05, 3.63) is 64.7 Å². The summed E-state index contributed by atoms with van der Waals surface area (Å²) in [6.45, 7) is 7.28. The zero-order valence-corrected chi connectivity index (χ0v) is 19.0. The van der Waals surface area contributed by atoms with E-state index in [-0.39, 0.29) is 11.9 Å². The number of hydrogen-bond acceptors (Lipinski definition) is 5. The van der Waals surface area contributed by atoms with Crippen LogP contribution in [0.15, 0.2) is 53.4 Å². The van der Waals surface area contributed by atoms with Crippen LogP contribution in [0, 0.1) is 6.92 Å². The van der Waals surface area contributed by atoms with Crippen LogP contribution in [0.5, 0.6) is 0 Å². The molecule has 0 aliphatic carbocycles. The number of amides is 1. The number of nitrogens with zero attached hydrogens (tertiary/aromatic N) is 1. The van der Waals surface area contributed by atoms with Crippen molar-refractivity contribution >= 4 is 29.3 Å². The summed E-state index contributed by atoms with van der Waals surface area (Å²) >= 11 is 7.61. The van der Waals surface area contributed by atoms with Crippen LogP contribution in [-0.2, 0) is 9.53 Å². The number of carbonyl (C=O) groups is 1. The molecule has 1 aliphatic heterocycles. The van der Waals surface area contributed by atoms with Crippen LogP contribution in [-0.4, -0.2) is 62.5 Å². The maximum atomic E-state index is 12.3. The van der Waals surface area contributed by atoms with Gasteiger partial charge in [-0.3, -0.25) is 9.69 Å². The topological polar surface area (TPSA) is 53.6 Å². The predicted octanol–water partition coefficient (Wildman–Crippen LogP) is 3.52. The van der Waals surface area contributed by atoms with Gasteiger partial charge < -0.3 is 15.4 Å². The van der Waals surface area contributed by atoms with Crippen LogP contribution in [0.3, 0.4) is 0 Å². The molecule has 1 fully saturated rings. The van der Waals surface area contributed by atoms with E-state index in [9.17, 15) is 4.79 Å². The fraction of sp³-hybridized carbons (Fsp3) is 0.435. The number of benzene rings is 2. The fourth-order valence-corrected chi connectivity index (χ4v) is 4.19. The van der Waals surface area contributed by atoms with E-state index in [0.717, 1.165) is 48.5 Å². The highest BCUT2D eigenvalue weighted by Crippen LogP contribution is 2.19. The molecule has 1 aliphatic rings. The van der Waals surface area contributed by atoms with Crippen molar-refractivity contribution in [2.24, 2.45) is 0 Å². The number of ether oxygens (including phenoxy) is 1. The van der Waals surface area contributed by atoms with Gasteiger partial charge in [0.25, 0.3) is 0 Å². The van der Waals surface area contributed by atoms with Gasteiger partial charge in [0.1, 0.15) is 0 Å². The number of nitrogens with one attached hydrogen (secondary N) is 2. The molecule has 0 spiro atoms. The zero-order valence-electron chi connectivity index (χ0n) is 17.4. The molecule has 0 radical (unpaired) electrons. The molecule has 0 aromatic heterocycles. The largest absolute Gasteiger partial charge is 0.379 e. The summed E-state index contributed by atoms with van der Waals surface area (Å²) in [6.07, 6.45) is 0. The Balaban J connectivity index is 1.44. The highest BCUT2D eigenvalue weighted by molar-refractivity contribution is 7.99. The van der Waals surface area contributed by atoms with Gasteiger partial charge in [0.2, 0.25) is 5.91 Å². The summed E-state index contributed by atoms with van der Waals surface area (Å²) in [4.78, 5) is 15.9. The number of morpholine rings is 1. The average Bonchev–Trinajstić information content (AvgIpc) is 2.77. The van der Waals surface area contributed by atoms with Crippen molar-refractivity contribution in [2.45, 2.75) is 17.9 Å². The molecule has 2 aromatic carbocycles. The lowest BCUT2D eigenvalue weighted by molar-refractivity contribution is -0.120. The van der Waals surface area contributed by atoms with Crippen LogP contribution >= 0.6 is 23.4 Å². The molecule has 1 heterocycles. The van der Waals surface area contributed by atoms with Crippen molar-refractivity contribution in [3.63, 3.8) is 0 Å². The van der Waals surface area contributed by atoms with Crippen LogP contribution in [0.2, 0.25) is 5.02 Å². The molecule has 2 aromatic rings. The Morgan fingerprint density at radius 3 is 2.53 bits per heavy atom. The first kappa shape index (κ1) is 23.1. The van der Waals surface area contributed by atoms with Gasteiger partial charge in [-0.1, -0.05) is 41.4 Å². The monoisotopic (exact) mass is 447 g/mol. The number of rotatable bonds is 10. The third-order valence-corrected chi connectivity index (χ3v) is 6.31. The molecule has 2 N–H and O–H groups in total. The van der Waals surface area contributed by atoms with Gasteiger partial charge in [0, 0.05) is 47.9 Å². The van der Waals surface area contributed by atoms with Gasteiger partial charge in [-0.05, 0) is 36.8 Å². The van der Waals surface area contributed by atoms with Crippen molar-refractivity contribution in [1.82, 2.24) is 15.5 Å². The molecule has 0 bridgehead atoms. The highest BCUT2D eigenvalue weighted by atomic mass is 35.5. The number of carbonyl (C=O) groups excluding carboxylic acids is 1. The second-order valence-corrected chi connectivity index (χ2v) is 9.01. The Labute approximate surface area is 188 Å². The SMILES string of the molecule is Cc1ccc([C@H](CN2CCOCC2)NCC(=O)NCCSc2ccc(Cl)cc2)cc1. The van der Waals surface area contributed by atoms with Crippen LogP contribution in [0.1, 0.15) is 17.2 Å². The van der Waals surface area contributed by atoms with E-state index in [1.54, 1.807) is 11.8 Å². The smallest absolute Gasteiger partial charge is 0.234 e. The first-order chi connectivity index (χ1) is 14.6. The lowest BCUT2D eigenvalue weighted by Gasteiger charge is -2.31. The van der Waals surface area contributed by atoms with Crippen LogP contribution < -0.4 is 10.6 Å². The molecule has 1 saturated heterocycles. The summed E-state index contributed by atoms with van der Waals surface area (Å²) in [5, 5.41) is 7.19. The van der Waals surface area contributed by atoms with Crippen LogP contribution in [0.4, 0.5) is 0 Å². The minimum atomic E-state index is 0.0193. The highest BCUT2D eigenvalue weighted by Gasteiger charge is 2.19. The molecule has 0 saturated carbocycles. The third kappa shape index (κ3) is 7.93. The number of aryl methyl sites for hydroxylation is 1. The minimum absolute atomic E-state index is 0.0193. The lowest BCUT2D eigenvalue weighted by Crippen LogP contribution is -2.44. The van der Waals surface area contributed by atoms with Crippen molar-refractivity contribution in [3.8, 4) is 0 Å². The van der Waals surface area contributed by atoms with Crippen molar-refractivity contribution in [2.75, 3.05) is 51.7 Å². The van der Waals surface area contributed by atoms with Gasteiger partial charge in [-0.25, -0.2) is 0 Å². The third-order valence-electron chi connectivity index (χ3n) is 5.04. The predicted molar refractivity (Wildman–Crippen MR) is 124 cm³/mol. The minimum Gasteiger partial charge on any atom is -0.379 e.